The first kappa shape index (κ1) is 22.7. The van der Waals surface area contributed by atoms with Gasteiger partial charge in [-0.1, -0.05) is 19.1 Å². The lowest BCUT2D eigenvalue weighted by Crippen LogP contribution is -2.41. The Labute approximate surface area is 185 Å². The molecule has 3 rings (SSSR count). The van der Waals surface area contributed by atoms with E-state index in [1.54, 1.807) is 24.3 Å². The number of nitrogens with two attached hydrogens (primary N) is 1. The minimum Gasteiger partial charge on any atom is -0.366 e. The average molecular weight is 436 g/mol. The Bertz CT molecular complexity index is 1100. The maximum absolute atomic E-state index is 13.0. The number of ketones is 1. The summed E-state index contributed by atoms with van der Waals surface area (Å²) < 4.78 is 0. The molecule has 1 saturated heterocycles. The molecule has 9 nitrogen and oxygen atoms in total. The monoisotopic (exact) mass is 436 g/mol. The Morgan fingerprint density at radius 1 is 1.06 bits per heavy atom. The molecule has 1 aliphatic heterocycles. The van der Waals surface area contributed by atoms with Crippen LogP contribution in [0.15, 0.2) is 48.5 Å². The molecule has 4 N–H and O–H groups in total. The summed E-state index contributed by atoms with van der Waals surface area (Å²) in [5, 5.41) is 5.32. The lowest BCUT2D eigenvalue weighted by Gasteiger charge is -2.22. The van der Waals surface area contributed by atoms with Crippen LogP contribution in [0.25, 0.3) is 0 Å². The van der Waals surface area contributed by atoms with Gasteiger partial charge in [-0.2, -0.15) is 0 Å². The molecular formula is C23H24N4O5. The van der Waals surface area contributed by atoms with E-state index in [9.17, 15) is 24.0 Å². The smallest absolute Gasteiger partial charge is 0.325 e. The number of primary amides is 1. The quantitative estimate of drug-likeness (QED) is 0.430. The zero-order chi connectivity index (χ0) is 23.5. The summed E-state index contributed by atoms with van der Waals surface area (Å²) >= 11 is 0. The number of Topliss-reactive ketones (excluding diaryl/α,β-unsaturated/α-hetero) is 1. The minimum absolute atomic E-state index is 0.120. The fourth-order valence-electron chi connectivity index (χ4n) is 3.44. The van der Waals surface area contributed by atoms with Crippen LogP contribution in [0.1, 0.15) is 53.0 Å². The average Bonchev–Trinajstić information content (AvgIpc) is 2.98. The SMILES string of the molecule is CCCC(=O)Nc1ccc(C(=O)CN2C(=O)NC(C)(c3cccc(C(N)=O)c3)C2=O)cc1. The first-order valence-corrected chi connectivity index (χ1v) is 10.1. The Morgan fingerprint density at radius 3 is 2.38 bits per heavy atom. The third-order valence-electron chi connectivity index (χ3n) is 5.27. The molecule has 0 aliphatic carbocycles. The zero-order valence-corrected chi connectivity index (χ0v) is 17.8. The third kappa shape index (κ3) is 4.51. The molecule has 0 bridgehead atoms. The van der Waals surface area contributed by atoms with Crippen LogP contribution in [0.3, 0.4) is 0 Å². The number of hydrogen-bond donors (Lipinski definition) is 3. The van der Waals surface area contributed by atoms with Crippen LogP contribution < -0.4 is 16.4 Å². The van der Waals surface area contributed by atoms with Gasteiger partial charge in [0.25, 0.3) is 5.91 Å². The Kier molecular flexibility index (Phi) is 6.38. The van der Waals surface area contributed by atoms with Gasteiger partial charge in [-0.05, 0) is 55.3 Å². The fraction of sp³-hybridized carbons (Fsp3) is 0.261. The highest BCUT2D eigenvalue weighted by Crippen LogP contribution is 2.29. The zero-order valence-electron chi connectivity index (χ0n) is 17.8. The van der Waals surface area contributed by atoms with Gasteiger partial charge in [0.2, 0.25) is 11.8 Å². The van der Waals surface area contributed by atoms with Gasteiger partial charge in [-0.3, -0.25) is 24.1 Å². The molecular weight excluding hydrogens is 412 g/mol. The summed E-state index contributed by atoms with van der Waals surface area (Å²) in [6.07, 6.45) is 1.12. The van der Waals surface area contributed by atoms with Gasteiger partial charge in [-0.25, -0.2) is 4.79 Å². The van der Waals surface area contributed by atoms with E-state index in [1.165, 1.54) is 31.2 Å². The summed E-state index contributed by atoms with van der Waals surface area (Å²) in [6, 6.07) is 11.6. The molecule has 2 aromatic carbocycles. The molecule has 5 amide bonds. The van der Waals surface area contributed by atoms with Crippen molar-refractivity contribution in [2.75, 3.05) is 11.9 Å². The number of urea groups is 1. The predicted molar refractivity (Wildman–Crippen MR) is 117 cm³/mol. The van der Waals surface area contributed by atoms with Gasteiger partial charge in [0.05, 0.1) is 6.54 Å². The van der Waals surface area contributed by atoms with Crippen molar-refractivity contribution in [3.8, 4) is 0 Å². The maximum atomic E-state index is 13.0. The van der Waals surface area contributed by atoms with Crippen molar-refractivity contribution in [2.24, 2.45) is 5.73 Å². The van der Waals surface area contributed by atoms with Crippen LogP contribution in [0.2, 0.25) is 0 Å². The molecule has 166 valence electrons. The van der Waals surface area contributed by atoms with Crippen molar-refractivity contribution in [3.05, 3.63) is 65.2 Å². The Balaban J connectivity index is 1.74. The van der Waals surface area contributed by atoms with Gasteiger partial charge in [0.1, 0.15) is 5.54 Å². The molecule has 1 atom stereocenters. The fourth-order valence-corrected chi connectivity index (χ4v) is 3.44. The molecule has 0 saturated carbocycles. The molecule has 9 heteroatoms. The van der Waals surface area contributed by atoms with Gasteiger partial charge in [0.15, 0.2) is 5.78 Å². The number of imide groups is 1. The first-order chi connectivity index (χ1) is 15.2. The molecule has 2 aromatic rings. The maximum Gasteiger partial charge on any atom is 0.325 e. The summed E-state index contributed by atoms with van der Waals surface area (Å²) in [7, 11) is 0. The number of hydrogen-bond acceptors (Lipinski definition) is 5. The van der Waals surface area contributed by atoms with Crippen molar-refractivity contribution >= 4 is 35.2 Å². The predicted octanol–water partition coefficient (Wildman–Crippen LogP) is 2.17. The molecule has 1 unspecified atom stereocenters. The highest BCUT2D eigenvalue weighted by atomic mass is 16.2. The van der Waals surface area contributed by atoms with Gasteiger partial charge in [0, 0.05) is 23.2 Å². The Hall–Kier alpha value is -4.01. The summed E-state index contributed by atoms with van der Waals surface area (Å²) in [5.74, 6) is -1.82. The van der Waals surface area contributed by atoms with Crippen molar-refractivity contribution in [2.45, 2.75) is 32.2 Å². The second kappa shape index (κ2) is 9.01. The largest absolute Gasteiger partial charge is 0.366 e. The first-order valence-electron chi connectivity index (χ1n) is 10.1. The minimum atomic E-state index is -1.43. The Morgan fingerprint density at radius 2 is 1.75 bits per heavy atom. The molecule has 32 heavy (non-hydrogen) atoms. The summed E-state index contributed by atoms with van der Waals surface area (Å²) in [4.78, 5) is 62.2. The standard InChI is InChI=1S/C23H24N4O5/c1-3-5-19(29)25-17-10-8-14(9-11-17)18(28)13-27-21(31)23(2,26-22(27)32)16-7-4-6-15(12-16)20(24)30/h4,6-12H,3,5,13H2,1-2H3,(H2,24,30)(H,25,29)(H,26,32). The number of benzene rings is 2. The molecule has 1 fully saturated rings. The van der Waals surface area contributed by atoms with E-state index in [4.69, 9.17) is 5.73 Å². The van der Waals surface area contributed by atoms with Crippen LogP contribution in [0.5, 0.6) is 0 Å². The molecule has 1 heterocycles. The van der Waals surface area contributed by atoms with E-state index in [1.807, 2.05) is 6.92 Å². The van der Waals surface area contributed by atoms with Gasteiger partial charge in [-0.15, -0.1) is 0 Å². The number of amides is 5. The lowest BCUT2D eigenvalue weighted by atomic mass is 9.90. The summed E-state index contributed by atoms with van der Waals surface area (Å²) in [5.41, 5.74) is 5.30. The third-order valence-corrected chi connectivity index (χ3v) is 5.27. The van der Waals surface area contributed by atoms with Crippen molar-refractivity contribution in [1.82, 2.24) is 10.2 Å². The van der Waals surface area contributed by atoms with E-state index in [0.29, 0.717) is 23.2 Å². The van der Waals surface area contributed by atoms with Crippen molar-refractivity contribution in [1.29, 1.82) is 0 Å². The van der Waals surface area contributed by atoms with Crippen LogP contribution >= 0.6 is 0 Å². The van der Waals surface area contributed by atoms with Crippen molar-refractivity contribution < 1.29 is 24.0 Å². The number of nitrogens with one attached hydrogen (secondary N) is 2. The van der Waals surface area contributed by atoms with E-state index in [-0.39, 0.29) is 11.5 Å². The van der Waals surface area contributed by atoms with Crippen LogP contribution in [-0.4, -0.2) is 41.0 Å². The van der Waals surface area contributed by atoms with E-state index >= 15 is 0 Å². The second-order valence-corrected chi connectivity index (χ2v) is 7.69. The molecule has 0 spiro atoms. The van der Waals surface area contributed by atoms with Gasteiger partial charge < -0.3 is 16.4 Å². The lowest BCUT2D eigenvalue weighted by molar-refractivity contribution is -0.130. The van der Waals surface area contributed by atoms with E-state index < -0.39 is 35.7 Å². The molecule has 0 radical (unpaired) electrons. The highest BCUT2D eigenvalue weighted by Gasteiger charge is 2.49. The van der Waals surface area contributed by atoms with Crippen molar-refractivity contribution in [3.63, 3.8) is 0 Å². The van der Waals surface area contributed by atoms with Crippen LogP contribution in [0, 0.1) is 0 Å². The van der Waals surface area contributed by atoms with Gasteiger partial charge >= 0.3 is 6.03 Å². The van der Waals surface area contributed by atoms with Crippen LogP contribution in [0.4, 0.5) is 10.5 Å². The summed E-state index contributed by atoms with van der Waals surface area (Å²) in [6.45, 7) is 2.96. The van der Waals surface area contributed by atoms with E-state index in [2.05, 4.69) is 10.6 Å². The topological polar surface area (TPSA) is 139 Å². The number of anilines is 1. The molecule has 1 aliphatic rings. The molecule has 0 aromatic heterocycles. The second-order valence-electron chi connectivity index (χ2n) is 7.69. The number of rotatable bonds is 8. The normalized spacial score (nSPS) is 17.8. The number of carbonyl (C=O) groups is 5. The number of nitrogens with zero attached hydrogens (tertiary/aromatic N) is 1. The number of carbonyl (C=O) groups excluding carboxylic acids is 5. The van der Waals surface area contributed by atoms with E-state index in [0.717, 1.165) is 11.3 Å². The van der Waals surface area contributed by atoms with Crippen LogP contribution in [-0.2, 0) is 15.1 Å². The highest BCUT2D eigenvalue weighted by molar-refractivity contribution is 6.11.